The van der Waals surface area contributed by atoms with Gasteiger partial charge < -0.3 is 19.7 Å². The van der Waals surface area contributed by atoms with Crippen molar-refractivity contribution in [3.05, 3.63) is 65.2 Å². The summed E-state index contributed by atoms with van der Waals surface area (Å²) in [5.74, 6) is 0.846. The van der Waals surface area contributed by atoms with Gasteiger partial charge in [0.1, 0.15) is 11.9 Å². The minimum Gasteiger partial charge on any atom is -0.497 e. The number of likely N-dealkylation sites (N-methyl/N-ethyl adjacent to an activating group) is 1. The van der Waals surface area contributed by atoms with E-state index in [4.69, 9.17) is 9.47 Å². The quantitative estimate of drug-likeness (QED) is 0.761. The first-order valence-corrected chi connectivity index (χ1v) is 10.5. The van der Waals surface area contributed by atoms with Crippen LogP contribution < -0.4 is 10.1 Å². The van der Waals surface area contributed by atoms with Gasteiger partial charge in [0.15, 0.2) is 0 Å². The van der Waals surface area contributed by atoms with Crippen LogP contribution in [0.1, 0.15) is 23.1 Å². The zero-order valence-electron chi connectivity index (χ0n) is 18.1. The van der Waals surface area contributed by atoms with Crippen molar-refractivity contribution in [2.45, 2.75) is 31.2 Å². The van der Waals surface area contributed by atoms with Gasteiger partial charge in [-0.25, -0.2) is 0 Å². The molecule has 0 radical (unpaired) electrons. The summed E-state index contributed by atoms with van der Waals surface area (Å²) in [6.45, 7) is 3.60. The summed E-state index contributed by atoms with van der Waals surface area (Å²) in [5.41, 5.74) is 3.53. The van der Waals surface area contributed by atoms with Crippen molar-refractivity contribution in [1.82, 2.24) is 15.1 Å². The van der Waals surface area contributed by atoms with Crippen molar-refractivity contribution in [1.29, 1.82) is 0 Å². The van der Waals surface area contributed by atoms with Gasteiger partial charge in [0, 0.05) is 32.6 Å². The molecule has 2 aromatic rings. The summed E-state index contributed by atoms with van der Waals surface area (Å²) in [6, 6.07) is 16.7. The first kappa shape index (κ1) is 20.8. The molecule has 0 aliphatic carbocycles. The highest BCUT2D eigenvalue weighted by atomic mass is 16.5. The number of rotatable bonds is 7. The maximum absolute atomic E-state index is 12.7. The topological polar surface area (TPSA) is 54.0 Å². The lowest BCUT2D eigenvalue weighted by Gasteiger charge is -2.35. The Morgan fingerprint density at radius 3 is 2.90 bits per heavy atom. The third-order valence-electron chi connectivity index (χ3n) is 6.19. The van der Waals surface area contributed by atoms with Crippen molar-refractivity contribution < 1.29 is 14.3 Å². The molecule has 4 rings (SSSR count). The molecule has 0 saturated carbocycles. The Bertz CT molecular complexity index is 901. The lowest BCUT2D eigenvalue weighted by Crippen LogP contribution is -2.43. The van der Waals surface area contributed by atoms with E-state index in [-0.39, 0.29) is 11.4 Å². The van der Waals surface area contributed by atoms with E-state index in [1.807, 2.05) is 26.2 Å². The Hall–Kier alpha value is -2.41. The van der Waals surface area contributed by atoms with Crippen LogP contribution in [-0.4, -0.2) is 62.7 Å². The molecule has 1 spiro atoms. The molecular weight excluding hydrogens is 378 g/mol. The summed E-state index contributed by atoms with van der Waals surface area (Å²) < 4.78 is 11.5. The summed E-state index contributed by atoms with van der Waals surface area (Å²) in [7, 11) is 5.69. The van der Waals surface area contributed by atoms with Crippen LogP contribution >= 0.6 is 0 Å². The van der Waals surface area contributed by atoms with Crippen LogP contribution in [0.3, 0.4) is 0 Å². The summed E-state index contributed by atoms with van der Waals surface area (Å²) >= 11 is 0. The molecule has 2 aliphatic heterocycles. The maximum Gasteiger partial charge on any atom is 0.249 e. The van der Waals surface area contributed by atoms with Gasteiger partial charge in [-0.1, -0.05) is 36.4 Å². The number of nitrogens with one attached hydrogen (secondary N) is 1. The van der Waals surface area contributed by atoms with Crippen molar-refractivity contribution >= 4 is 5.91 Å². The molecule has 0 aromatic heterocycles. The molecule has 6 nitrogen and oxygen atoms in total. The number of ether oxygens (including phenoxy) is 2. The molecule has 1 amide bonds. The van der Waals surface area contributed by atoms with E-state index >= 15 is 0 Å². The molecule has 160 valence electrons. The Labute approximate surface area is 178 Å². The van der Waals surface area contributed by atoms with Crippen molar-refractivity contribution in [2.75, 3.05) is 40.9 Å². The fourth-order valence-electron chi connectivity index (χ4n) is 4.59. The van der Waals surface area contributed by atoms with Crippen LogP contribution in [-0.2, 0) is 28.2 Å². The van der Waals surface area contributed by atoms with Gasteiger partial charge in [-0.2, -0.15) is 0 Å². The lowest BCUT2D eigenvalue weighted by molar-refractivity contribution is -0.130. The average molecular weight is 410 g/mol. The Morgan fingerprint density at radius 1 is 1.27 bits per heavy atom. The number of carbonyl (C=O) groups is 1. The molecule has 6 heteroatoms. The molecule has 2 aliphatic rings. The monoisotopic (exact) mass is 409 g/mol. The number of carbonyl (C=O) groups excluding carboxylic acids is 1. The van der Waals surface area contributed by atoms with Crippen LogP contribution in [0.15, 0.2) is 48.5 Å². The fourth-order valence-corrected chi connectivity index (χ4v) is 4.59. The fraction of sp³-hybridized carbons (Fsp3) is 0.458. The van der Waals surface area contributed by atoms with Gasteiger partial charge in [-0.05, 0) is 42.9 Å². The zero-order valence-corrected chi connectivity index (χ0v) is 18.1. The third kappa shape index (κ3) is 4.08. The molecule has 0 bridgehead atoms. The molecule has 1 fully saturated rings. The molecule has 30 heavy (non-hydrogen) atoms. The second kappa shape index (κ2) is 8.76. The lowest BCUT2D eigenvalue weighted by atomic mass is 9.86. The summed E-state index contributed by atoms with van der Waals surface area (Å²) in [6.07, 6.45) is 0.244. The van der Waals surface area contributed by atoms with E-state index < -0.39 is 6.10 Å². The van der Waals surface area contributed by atoms with E-state index in [1.165, 1.54) is 16.7 Å². The first-order valence-electron chi connectivity index (χ1n) is 10.5. The van der Waals surface area contributed by atoms with Crippen LogP contribution in [0, 0.1) is 0 Å². The van der Waals surface area contributed by atoms with Crippen molar-refractivity contribution in [3.8, 4) is 5.75 Å². The van der Waals surface area contributed by atoms with E-state index in [0.29, 0.717) is 19.6 Å². The van der Waals surface area contributed by atoms with E-state index in [2.05, 4.69) is 51.5 Å². The van der Waals surface area contributed by atoms with Gasteiger partial charge in [0.2, 0.25) is 5.91 Å². The molecular formula is C24H31N3O3. The first-order chi connectivity index (χ1) is 14.5. The highest BCUT2D eigenvalue weighted by Gasteiger charge is 2.52. The molecule has 2 atom stereocenters. The number of nitrogens with zero attached hydrogens (tertiary/aromatic N) is 2. The number of hydrogen-bond acceptors (Lipinski definition) is 5. The summed E-state index contributed by atoms with van der Waals surface area (Å²) in [5, 5.41) is 3.03. The smallest absolute Gasteiger partial charge is 0.249 e. The van der Waals surface area contributed by atoms with E-state index in [1.54, 1.807) is 7.11 Å². The highest BCUT2D eigenvalue weighted by molar-refractivity contribution is 5.81. The molecule has 1 N–H and O–H groups in total. The second-order valence-corrected chi connectivity index (χ2v) is 8.49. The SMILES string of the molecule is COc1cccc(CN2Cc3ccccc3C23COC(C(=O)NCCN(C)C)C3)c1. The Morgan fingerprint density at radius 2 is 2.10 bits per heavy atom. The minimum atomic E-state index is -0.425. The Balaban J connectivity index is 1.54. The molecule has 2 aromatic carbocycles. The number of fused-ring (bicyclic) bond motifs is 2. The minimum absolute atomic E-state index is 0.0144. The van der Waals surface area contributed by atoms with Crippen LogP contribution in [0.5, 0.6) is 5.75 Å². The van der Waals surface area contributed by atoms with Crippen LogP contribution in [0.4, 0.5) is 0 Å². The number of benzene rings is 2. The highest BCUT2D eigenvalue weighted by Crippen LogP contribution is 2.47. The predicted octanol–water partition coefficient (Wildman–Crippen LogP) is 2.37. The van der Waals surface area contributed by atoms with Gasteiger partial charge in [0.25, 0.3) is 0 Å². The van der Waals surface area contributed by atoms with E-state index in [9.17, 15) is 4.79 Å². The Kier molecular flexibility index (Phi) is 6.09. The van der Waals surface area contributed by atoms with Gasteiger partial charge in [0.05, 0.1) is 19.3 Å². The van der Waals surface area contributed by atoms with Gasteiger partial charge >= 0.3 is 0 Å². The van der Waals surface area contributed by atoms with Crippen LogP contribution in [0.2, 0.25) is 0 Å². The predicted molar refractivity (Wildman–Crippen MR) is 116 cm³/mol. The van der Waals surface area contributed by atoms with E-state index in [0.717, 1.165) is 25.4 Å². The zero-order chi connectivity index (χ0) is 21.1. The molecule has 1 saturated heterocycles. The normalized spacial score (nSPS) is 23.1. The molecule has 2 unspecified atom stereocenters. The maximum atomic E-state index is 12.7. The van der Waals surface area contributed by atoms with Gasteiger partial charge in [-0.3, -0.25) is 9.69 Å². The standard InChI is InChI=1S/C24H31N3O3/c1-26(2)12-11-25-23(28)22-14-24(17-30-22)21-10-5-4-8-19(21)16-27(24)15-18-7-6-9-20(13-18)29-3/h4-10,13,22H,11-12,14-17H2,1-3H3,(H,25,28). The number of amides is 1. The van der Waals surface area contributed by atoms with Crippen LogP contribution in [0.25, 0.3) is 0 Å². The summed E-state index contributed by atoms with van der Waals surface area (Å²) in [4.78, 5) is 17.3. The number of methoxy groups -OCH3 is 1. The molecule has 2 heterocycles. The number of hydrogen-bond donors (Lipinski definition) is 1. The van der Waals surface area contributed by atoms with Gasteiger partial charge in [-0.15, -0.1) is 0 Å². The largest absolute Gasteiger partial charge is 0.497 e. The van der Waals surface area contributed by atoms with Crippen molar-refractivity contribution in [3.63, 3.8) is 0 Å². The second-order valence-electron chi connectivity index (χ2n) is 8.49. The van der Waals surface area contributed by atoms with Crippen molar-refractivity contribution in [2.24, 2.45) is 0 Å². The third-order valence-corrected chi connectivity index (χ3v) is 6.19. The average Bonchev–Trinajstić information content (AvgIpc) is 3.31.